The zero-order valence-electron chi connectivity index (χ0n) is 33.9. The van der Waals surface area contributed by atoms with E-state index in [-0.39, 0.29) is 30.1 Å². The minimum absolute atomic E-state index is 0.123. The van der Waals surface area contributed by atoms with Crippen molar-refractivity contribution >= 4 is 53.3 Å². The molecule has 56 heavy (non-hydrogen) atoms. The summed E-state index contributed by atoms with van der Waals surface area (Å²) in [5, 5.41) is 3.42. The number of hydrogen-bond acceptors (Lipinski definition) is 4. The SMILES string of the molecule is [2H]c1c([2H])c([2H])c2c(c1[2H])c1cccc(-c3cc(-c4ccccc4)cc(-c4ccccc4)c3)c1n2-c1nc(-c2ccccc2)nc(-c2ccc3c(c2)sc2ccccc23)n1. The summed E-state index contributed by atoms with van der Waals surface area (Å²) in [4.78, 5) is 15.4. The Morgan fingerprint density at radius 3 is 1.73 bits per heavy atom. The molecule has 0 bridgehead atoms. The second-order valence-electron chi connectivity index (χ2n) is 13.7. The molecule has 0 fully saturated rings. The van der Waals surface area contributed by atoms with Gasteiger partial charge in [0.25, 0.3) is 0 Å². The maximum absolute atomic E-state index is 9.41. The minimum atomic E-state index is -0.330. The quantitative estimate of drug-likeness (QED) is 0.171. The van der Waals surface area contributed by atoms with Gasteiger partial charge in [-0.2, -0.15) is 9.97 Å². The van der Waals surface area contributed by atoms with Crippen molar-refractivity contribution in [2.24, 2.45) is 0 Å². The highest BCUT2D eigenvalue weighted by molar-refractivity contribution is 7.25. The third-order valence-corrected chi connectivity index (χ3v) is 11.5. The number of nitrogens with zero attached hydrogens (tertiary/aromatic N) is 4. The third kappa shape index (κ3) is 5.48. The van der Waals surface area contributed by atoms with E-state index < -0.39 is 0 Å². The molecule has 8 aromatic carbocycles. The molecule has 3 heterocycles. The Balaban J connectivity index is 1.24. The number of benzene rings is 8. The highest BCUT2D eigenvalue weighted by Crippen LogP contribution is 2.41. The van der Waals surface area contributed by atoms with Gasteiger partial charge in [0, 0.05) is 47.6 Å². The minimum Gasteiger partial charge on any atom is -0.277 e. The molecule has 11 aromatic rings. The number of thiophene rings is 1. The molecule has 0 radical (unpaired) electrons. The first-order chi connectivity index (χ1) is 29.4. The second-order valence-corrected chi connectivity index (χ2v) is 14.8. The predicted molar refractivity (Wildman–Crippen MR) is 234 cm³/mol. The van der Waals surface area contributed by atoms with Crippen molar-refractivity contribution in [3.63, 3.8) is 0 Å². The van der Waals surface area contributed by atoms with Crippen LogP contribution < -0.4 is 0 Å². The topological polar surface area (TPSA) is 43.6 Å². The maximum atomic E-state index is 9.41. The number of para-hydroxylation sites is 2. The van der Waals surface area contributed by atoms with Crippen LogP contribution in [0.3, 0.4) is 0 Å². The zero-order valence-corrected chi connectivity index (χ0v) is 30.7. The van der Waals surface area contributed by atoms with Gasteiger partial charge in [0.05, 0.1) is 16.5 Å². The van der Waals surface area contributed by atoms with Crippen molar-refractivity contribution in [3.8, 4) is 62.1 Å². The number of aromatic nitrogens is 4. The zero-order chi connectivity index (χ0) is 40.5. The maximum Gasteiger partial charge on any atom is 0.238 e. The van der Waals surface area contributed by atoms with Crippen LogP contribution in [0.5, 0.6) is 0 Å². The van der Waals surface area contributed by atoms with E-state index in [0.717, 1.165) is 54.6 Å². The van der Waals surface area contributed by atoms with E-state index in [1.807, 2.05) is 95.6 Å². The summed E-state index contributed by atoms with van der Waals surface area (Å²) in [5.41, 5.74) is 8.48. The Hall–Kier alpha value is -7.21. The number of fused-ring (bicyclic) bond motifs is 6. The van der Waals surface area contributed by atoms with Gasteiger partial charge < -0.3 is 0 Å². The van der Waals surface area contributed by atoms with Gasteiger partial charge in [-0.05, 0) is 64.2 Å². The molecule has 11 rings (SSSR count). The van der Waals surface area contributed by atoms with Crippen LogP contribution in [0.2, 0.25) is 0 Å². The first-order valence-electron chi connectivity index (χ1n) is 20.4. The van der Waals surface area contributed by atoms with Gasteiger partial charge in [-0.1, -0.05) is 158 Å². The molecule has 0 aliphatic heterocycles. The van der Waals surface area contributed by atoms with E-state index in [9.17, 15) is 2.74 Å². The molecule has 4 nitrogen and oxygen atoms in total. The summed E-state index contributed by atoms with van der Waals surface area (Å²) in [6.45, 7) is 0. The molecule has 0 amide bonds. The van der Waals surface area contributed by atoms with E-state index in [1.54, 1.807) is 11.3 Å². The molecule has 0 saturated carbocycles. The van der Waals surface area contributed by atoms with Crippen LogP contribution >= 0.6 is 11.3 Å². The van der Waals surface area contributed by atoms with Crippen molar-refractivity contribution in [1.82, 2.24) is 19.5 Å². The monoisotopic (exact) mass is 736 g/mol. The fraction of sp³-hybridized carbons (Fsp3) is 0. The van der Waals surface area contributed by atoms with Crippen LogP contribution in [0.4, 0.5) is 0 Å². The molecule has 0 aliphatic carbocycles. The van der Waals surface area contributed by atoms with E-state index in [1.165, 1.54) is 10.1 Å². The standard InChI is InChI=1S/C51H32N4S/c1-4-15-33(16-5-1)37-29-38(34-17-6-2-7-18-34)31-39(30-37)40-23-14-24-44-41-21-10-12-25-45(41)55(48(40)44)51-53-49(35-19-8-3-9-20-35)52-50(54-51)36-27-28-43-42-22-11-13-26-46(42)56-47(43)32-36/h1-32H/i10D,12D,21D,25D. The van der Waals surface area contributed by atoms with Gasteiger partial charge in [0.2, 0.25) is 5.95 Å². The molecule has 0 saturated heterocycles. The van der Waals surface area contributed by atoms with Crippen LogP contribution in [0.25, 0.3) is 104 Å². The lowest BCUT2D eigenvalue weighted by atomic mass is 9.92. The van der Waals surface area contributed by atoms with Gasteiger partial charge in [-0.15, -0.1) is 11.3 Å². The lowest BCUT2D eigenvalue weighted by molar-refractivity contribution is 0.954. The van der Waals surface area contributed by atoms with Gasteiger partial charge >= 0.3 is 0 Å². The summed E-state index contributed by atoms with van der Waals surface area (Å²) >= 11 is 1.72. The van der Waals surface area contributed by atoms with Crippen LogP contribution in [-0.2, 0) is 0 Å². The molecular weight excluding hydrogens is 701 g/mol. The highest BCUT2D eigenvalue weighted by Gasteiger charge is 2.21. The van der Waals surface area contributed by atoms with Gasteiger partial charge in [-0.25, -0.2) is 4.98 Å². The van der Waals surface area contributed by atoms with Crippen LogP contribution in [0.15, 0.2) is 194 Å². The number of rotatable bonds is 6. The summed E-state index contributed by atoms with van der Waals surface area (Å²) in [6.07, 6.45) is 0. The van der Waals surface area contributed by atoms with Crippen molar-refractivity contribution in [1.29, 1.82) is 0 Å². The molecular formula is C51H32N4S. The Bertz CT molecular complexity index is 3420. The van der Waals surface area contributed by atoms with Crippen molar-refractivity contribution in [3.05, 3.63) is 194 Å². The van der Waals surface area contributed by atoms with Gasteiger partial charge in [0.15, 0.2) is 11.6 Å². The summed E-state index contributed by atoms with van der Waals surface area (Å²) in [5.74, 6) is 1.14. The van der Waals surface area contributed by atoms with Crippen molar-refractivity contribution < 1.29 is 5.48 Å². The summed E-state index contributed by atoms with van der Waals surface area (Å²) < 4.78 is 40.5. The Labute approximate surface area is 333 Å². The highest BCUT2D eigenvalue weighted by atomic mass is 32.1. The van der Waals surface area contributed by atoms with Gasteiger partial charge in [-0.3, -0.25) is 4.57 Å². The molecule has 0 atom stereocenters. The fourth-order valence-corrected chi connectivity index (χ4v) is 8.90. The van der Waals surface area contributed by atoms with E-state index in [4.69, 9.17) is 17.7 Å². The average molecular weight is 737 g/mol. The second kappa shape index (κ2) is 13.3. The smallest absolute Gasteiger partial charge is 0.238 e. The normalized spacial score (nSPS) is 12.6. The molecule has 5 heteroatoms. The summed E-state index contributed by atoms with van der Waals surface area (Å²) in [6, 6.07) is 56.5. The van der Waals surface area contributed by atoms with Crippen molar-refractivity contribution in [2.75, 3.05) is 0 Å². The Kier molecular flexibility index (Phi) is 6.70. The van der Waals surface area contributed by atoms with Gasteiger partial charge in [0.1, 0.15) is 0 Å². The largest absolute Gasteiger partial charge is 0.277 e. The predicted octanol–water partition coefficient (Wildman–Crippen LogP) is 13.7. The first kappa shape index (κ1) is 28.3. The first-order valence-corrected chi connectivity index (χ1v) is 19.3. The number of hydrogen-bond donors (Lipinski definition) is 0. The average Bonchev–Trinajstić information content (AvgIpc) is 3.87. The van der Waals surface area contributed by atoms with Crippen LogP contribution in [-0.4, -0.2) is 19.5 Å². The van der Waals surface area contributed by atoms with Crippen LogP contribution in [0.1, 0.15) is 5.48 Å². The molecule has 0 spiro atoms. The lowest BCUT2D eigenvalue weighted by Gasteiger charge is -2.15. The van der Waals surface area contributed by atoms with E-state index in [0.29, 0.717) is 33.5 Å². The molecule has 0 aliphatic rings. The fourth-order valence-electron chi connectivity index (χ4n) is 7.75. The Morgan fingerprint density at radius 1 is 0.411 bits per heavy atom. The molecule has 262 valence electrons. The van der Waals surface area contributed by atoms with Crippen LogP contribution in [0, 0.1) is 0 Å². The third-order valence-electron chi connectivity index (χ3n) is 10.4. The van der Waals surface area contributed by atoms with E-state index in [2.05, 4.69) is 78.9 Å². The van der Waals surface area contributed by atoms with E-state index >= 15 is 0 Å². The lowest BCUT2D eigenvalue weighted by Crippen LogP contribution is -2.07. The Morgan fingerprint density at radius 2 is 1.00 bits per heavy atom. The molecule has 0 N–H and O–H groups in total. The summed E-state index contributed by atoms with van der Waals surface area (Å²) in [7, 11) is 0. The molecule has 0 unspecified atom stereocenters. The van der Waals surface area contributed by atoms with Crippen molar-refractivity contribution in [2.45, 2.75) is 0 Å². The molecule has 3 aromatic heterocycles.